The maximum atomic E-state index is 13.1. The fourth-order valence-electron chi connectivity index (χ4n) is 3.55. The Kier molecular flexibility index (Phi) is 5.48. The topological polar surface area (TPSA) is 99.2 Å². The van der Waals surface area contributed by atoms with E-state index < -0.39 is 29.6 Å². The molecule has 0 saturated carbocycles. The van der Waals surface area contributed by atoms with Crippen LogP contribution in [0.1, 0.15) is 26.3 Å². The minimum absolute atomic E-state index is 0.224. The summed E-state index contributed by atoms with van der Waals surface area (Å²) in [5, 5.41) is 15.4. The average Bonchev–Trinajstić information content (AvgIpc) is 3.11. The number of aliphatic carboxylic acids is 1. The van der Waals surface area contributed by atoms with Crippen LogP contribution < -0.4 is 5.32 Å². The monoisotopic (exact) mass is 399 g/mol. The van der Waals surface area contributed by atoms with Crippen LogP contribution in [0.15, 0.2) is 48.6 Å². The lowest BCUT2D eigenvalue weighted by Gasteiger charge is -2.22. The molecule has 0 bridgehead atoms. The van der Waals surface area contributed by atoms with Crippen LogP contribution in [0.25, 0.3) is 5.70 Å². The first-order chi connectivity index (χ1) is 13.6. The summed E-state index contributed by atoms with van der Waals surface area (Å²) >= 11 is 0. The van der Waals surface area contributed by atoms with E-state index in [2.05, 4.69) is 11.9 Å². The zero-order valence-electron chi connectivity index (χ0n) is 16.7. The molecule has 1 fully saturated rings. The van der Waals surface area contributed by atoms with Crippen molar-refractivity contribution >= 4 is 23.7 Å². The van der Waals surface area contributed by atoms with Crippen molar-refractivity contribution in [1.29, 1.82) is 0 Å². The van der Waals surface area contributed by atoms with Gasteiger partial charge in [0.25, 0.3) is 5.91 Å². The standard InChI is InChI=1S/C21H25N3O5/c1-5-14(19(26)27)15-11-23-12-16(22-20(28)29-21(2,3)4)18(25)24(23)17(15)13-9-7-6-8-10-13/h5-10,14,16H,1,11-12H2,2-4H3,(H,22,28)(H,26,27)/t14?,16-/m0/s1. The van der Waals surface area contributed by atoms with Crippen LogP contribution in [-0.2, 0) is 14.3 Å². The van der Waals surface area contributed by atoms with E-state index in [1.165, 1.54) is 11.1 Å². The molecule has 2 amide bonds. The molecule has 8 nitrogen and oxygen atoms in total. The van der Waals surface area contributed by atoms with Gasteiger partial charge in [0.15, 0.2) is 0 Å². The Morgan fingerprint density at radius 1 is 1.31 bits per heavy atom. The molecule has 3 rings (SSSR count). The molecule has 0 spiro atoms. The number of carboxylic acid groups (broad SMARTS) is 1. The maximum Gasteiger partial charge on any atom is 0.408 e. The molecule has 0 aliphatic carbocycles. The Balaban J connectivity index is 1.92. The van der Waals surface area contributed by atoms with E-state index in [4.69, 9.17) is 4.74 Å². The minimum Gasteiger partial charge on any atom is -0.481 e. The van der Waals surface area contributed by atoms with Gasteiger partial charge in [0, 0.05) is 13.1 Å². The second kappa shape index (κ2) is 7.71. The van der Waals surface area contributed by atoms with Crippen molar-refractivity contribution in [2.75, 3.05) is 13.1 Å². The van der Waals surface area contributed by atoms with Gasteiger partial charge in [-0.3, -0.25) is 9.59 Å². The molecule has 8 heteroatoms. The summed E-state index contributed by atoms with van der Waals surface area (Å²) in [4.78, 5) is 37.0. The molecule has 2 atom stereocenters. The fraction of sp³-hybridized carbons (Fsp3) is 0.381. The third kappa shape index (κ3) is 4.17. The number of alkyl carbamates (subject to hydrolysis) is 1. The number of ether oxygens (including phenoxy) is 1. The molecule has 2 aliphatic heterocycles. The summed E-state index contributed by atoms with van der Waals surface area (Å²) in [5.74, 6) is -2.28. The highest BCUT2D eigenvalue weighted by molar-refractivity contribution is 5.97. The maximum absolute atomic E-state index is 13.1. The second-order valence-electron chi connectivity index (χ2n) is 7.99. The predicted molar refractivity (Wildman–Crippen MR) is 106 cm³/mol. The molecule has 0 radical (unpaired) electrons. The van der Waals surface area contributed by atoms with Crippen LogP contribution in [0.3, 0.4) is 0 Å². The van der Waals surface area contributed by atoms with Crippen molar-refractivity contribution in [3.05, 3.63) is 54.1 Å². The fourth-order valence-corrected chi connectivity index (χ4v) is 3.55. The Hall–Kier alpha value is -3.13. The number of nitrogens with one attached hydrogen (secondary N) is 1. The van der Waals surface area contributed by atoms with Gasteiger partial charge in [-0.05, 0) is 31.9 Å². The van der Waals surface area contributed by atoms with Gasteiger partial charge < -0.3 is 15.2 Å². The lowest BCUT2D eigenvalue weighted by Crippen LogP contribution is -2.44. The summed E-state index contributed by atoms with van der Waals surface area (Å²) < 4.78 is 5.25. The smallest absolute Gasteiger partial charge is 0.408 e. The van der Waals surface area contributed by atoms with Crippen LogP contribution in [0.2, 0.25) is 0 Å². The Bertz CT molecular complexity index is 872. The summed E-state index contributed by atoms with van der Waals surface area (Å²) in [6, 6.07) is 8.35. The highest BCUT2D eigenvalue weighted by atomic mass is 16.6. The van der Waals surface area contributed by atoms with E-state index in [0.29, 0.717) is 11.3 Å². The molecule has 0 aromatic heterocycles. The molecule has 154 valence electrons. The molecule has 2 heterocycles. The molecular weight excluding hydrogens is 374 g/mol. The van der Waals surface area contributed by atoms with Gasteiger partial charge in [-0.15, -0.1) is 6.58 Å². The highest BCUT2D eigenvalue weighted by Gasteiger charge is 2.48. The minimum atomic E-state index is -1.03. The second-order valence-corrected chi connectivity index (χ2v) is 7.99. The van der Waals surface area contributed by atoms with Gasteiger partial charge in [-0.25, -0.2) is 14.8 Å². The Morgan fingerprint density at radius 2 is 1.97 bits per heavy atom. The van der Waals surface area contributed by atoms with Crippen LogP contribution >= 0.6 is 0 Å². The normalized spacial score (nSPS) is 20.4. The van der Waals surface area contributed by atoms with Crippen molar-refractivity contribution in [2.24, 2.45) is 5.92 Å². The number of hydrogen-bond donors (Lipinski definition) is 2. The summed E-state index contributed by atoms with van der Waals surface area (Å²) in [6.07, 6.45) is 0.698. The van der Waals surface area contributed by atoms with Gasteiger partial charge in [0.2, 0.25) is 0 Å². The third-order valence-corrected chi connectivity index (χ3v) is 4.67. The van der Waals surface area contributed by atoms with Crippen molar-refractivity contribution in [1.82, 2.24) is 15.3 Å². The number of carbonyl (C=O) groups is 3. The number of fused-ring (bicyclic) bond motifs is 1. The molecule has 1 aromatic rings. The number of carboxylic acids is 1. The number of carbonyl (C=O) groups excluding carboxylic acids is 2. The Labute approximate surface area is 169 Å². The summed E-state index contributed by atoms with van der Waals surface area (Å²) in [5.41, 5.74) is 1.16. The van der Waals surface area contributed by atoms with Crippen LogP contribution in [0.4, 0.5) is 4.79 Å². The lowest BCUT2D eigenvalue weighted by atomic mass is 9.94. The van der Waals surface area contributed by atoms with E-state index >= 15 is 0 Å². The largest absolute Gasteiger partial charge is 0.481 e. The van der Waals surface area contributed by atoms with Crippen molar-refractivity contribution in [3.8, 4) is 0 Å². The molecular formula is C21H25N3O5. The Morgan fingerprint density at radius 3 is 2.52 bits per heavy atom. The van der Waals surface area contributed by atoms with Crippen molar-refractivity contribution in [2.45, 2.75) is 32.4 Å². The zero-order chi connectivity index (χ0) is 21.3. The molecule has 1 saturated heterocycles. The SMILES string of the molecule is C=CC(C(=O)O)C1=C(c2ccccc2)N2C(=O)[C@@H](NC(=O)OC(C)(C)C)CN2C1. The van der Waals surface area contributed by atoms with Gasteiger partial charge in [0.1, 0.15) is 11.6 Å². The first-order valence-electron chi connectivity index (χ1n) is 9.34. The van der Waals surface area contributed by atoms with Crippen molar-refractivity contribution < 1.29 is 24.2 Å². The molecule has 2 aliphatic rings. The number of nitrogens with zero attached hydrogens (tertiary/aromatic N) is 2. The van der Waals surface area contributed by atoms with Crippen LogP contribution in [-0.4, -0.2) is 57.8 Å². The lowest BCUT2D eigenvalue weighted by molar-refractivity contribution is -0.139. The third-order valence-electron chi connectivity index (χ3n) is 4.67. The molecule has 1 aromatic carbocycles. The van der Waals surface area contributed by atoms with Gasteiger partial charge >= 0.3 is 12.1 Å². The van der Waals surface area contributed by atoms with Crippen molar-refractivity contribution in [3.63, 3.8) is 0 Å². The van der Waals surface area contributed by atoms with E-state index in [-0.39, 0.29) is 19.0 Å². The van der Waals surface area contributed by atoms with E-state index in [1.54, 1.807) is 25.8 Å². The molecule has 2 N–H and O–H groups in total. The predicted octanol–water partition coefficient (Wildman–Crippen LogP) is 2.25. The van der Waals surface area contributed by atoms with Gasteiger partial charge in [-0.2, -0.15) is 0 Å². The van der Waals surface area contributed by atoms with Crippen LogP contribution in [0.5, 0.6) is 0 Å². The quantitative estimate of drug-likeness (QED) is 0.737. The van der Waals surface area contributed by atoms with Crippen LogP contribution in [0, 0.1) is 5.92 Å². The van der Waals surface area contributed by atoms with E-state index in [1.807, 2.05) is 30.3 Å². The number of hydrazine groups is 1. The first-order valence-corrected chi connectivity index (χ1v) is 9.34. The number of amides is 2. The molecule has 29 heavy (non-hydrogen) atoms. The molecule has 1 unspecified atom stereocenters. The summed E-state index contributed by atoms with van der Waals surface area (Å²) in [6.45, 7) is 9.36. The van der Waals surface area contributed by atoms with E-state index in [0.717, 1.165) is 5.56 Å². The number of benzene rings is 1. The zero-order valence-corrected chi connectivity index (χ0v) is 16.7. The average molecular weight is 399 g/mol. The first kappa shape index (κ1) is 20.6. The highest BCUT2D eigenvalue weighted by Crippen LogP contribution is 2.39. The number of rotatable bonds is 5. The van der Waals surface area contributed by atoms with Gasteiger partial charge in [0.05, 0.1) is 11.6 Å². The van der Waals surface area contributed by atoms with Gasteiger partial charge in [-0.1, -0.05) is 36.4 Å². The number of hydrogen-bond acceptors (Lipinski definition) is 5. The van der Waals surface area contributed by atoms with E-state index in [9.17, 15) is 19.5 Å². The summed E-state index contributed by atoms with van der Waals surface area (Å²) in [7, 11) is 0.